The first-order valence-electron chi connectivity index (χ1n) is 12.9. The van der Waals surface area contributed by atoms with Crippen molar-refractivity contribution in [2.24, 2.45) is 11.1 Å². The minimum Gasteiger partial charge on any atom is -0.463 e. The molecule has 218 valence electrons. The van der Waals surface area contributed by atoms with Crippen LogP contribution in [0.15, 0.2) is 23.4 Å². The highest BCUT2D eigenvalue weighted by Gasteiger charge is 2.52. The normalized spacial score (nSPS) is 24.9. The Balaban J connectivity index is 2.03. The fraction of sp³-hybridized carbons (Fsp3) is 0.556. The van der Waals surface area contributed by atoms with Crippen LogP contribution in [0.2, 0.25) is 0 Å². The largest absolute Gasteiger partial charge is 0.463 e. The molecule has 0 spiro atoms. The van der Waals surface area contributed by atoms with Gasteiger partial charge in [0, 0.05) is 39.8 Å². The fourth-order valence-corrected chi connectivity index (χ4v) is 4.55. The lowest BCUT2D eigenvalue weighted by atomic mass is 9.96. The van der Waals surface area contributed by atoms with Crippen LogP contribution in [0.25, 0.3) is 0 Å². The van der Waals surface area contributed by atoms with Gasteiger partial charge < -0.3 is 34.0 Å². The summed E-state index contributed by atoms with van der Waals surface area (Å²) in [6, 6.07) is 4.31. The molecule has 1 aromatic rings. The summed E-state index contributed by atoms with van der Waals surface area (Å²) in [5.41, 5.74) is 2.15. The van der Waals surface area contributed by atoms with E-state index in [9.17, 15) is 24.0 Å². The molecule has 0 aliphatic carbocycles. The summed E-state index contributed by atoms with van der Waals surface area (Å²) in [7, 11) is 0. The van der Waals surface area contributed by atoms with Gasteiger partial charge in [0.05, 0.1) is 5.69 Å². The van der Waals surface area contributed by atoms with Crippen LogP contribution in [0.3, 0.4) is 0 Å². The average Bonchev–Trinajstić information content (AvgIpc) is 3.08. The third-order valence-electron chi connectivity index (χ3n) is 6.01. The van der Waals surface area contributed by atoms with Gasteiger partial charge in [-0.25, -0.2) is 0 Å². The molecule has 2 aliphatic heterocycles. The van der Waals surface area contributed by atoms with Crippen LogP contribution >= 0.6 is 0 Å². The van der Waals surface area contributed by atoms with Crippen molar-refractivity contribution in [1.29, 1.82) is 0 Å². The zero-order chi connectivity index (χ0) is 29.7. The molecule has 3 rings (SSSR count). The van der Waals surface area contributed by atoms with E-state index >= 15 is 0 Å². The molecule has 40 heavy (non-hydrogen) atoms. The second-order valence-electron chi connectivity index (χ2n) is 10.1. The second-order valence-corrected chi connectivity index (χ2v) is 10.1. The lowest BCUT2D eigenvalue weighted by Crippen LogP contribution is -2.66. The highest BCUT2D eigenvalue weighted by atomic mass is 16.8. The minimum atomic E-state index is -1.44. The van der Waals surface area contributed by atoms with Gasteiger partial charge in [-0.15, -0.1) is 0 Å². The summed E-state index contributed by atoms with van der Waals surface area (Å²) in [5.74, 6) is -2.84. The van der Waals surface area contributed by atoms with Crippen LogP contribution in [0, 0.1) is 12.8 Å². The van der Waals surface area contributed by atoms with Crippen molar-refractivity contribution in [3.05, 3.63) is 29.3 Å². The fourth-order valence-electron chi connectivity index (χ4n) is 4.55. The number of hydrogen-bond acceptors (Lipinski definition) is 11. The number of benzene rings is 1. The average molecular weight is 562 g/mol. The molecule has 2 amide bonds. The second kappa shape index (κ2) is 12.9. The smallest absolute Gasteiger partial charge is 0.303 e. The van der Waals surface area contributed by atoms with E-state index in [4.69, 9.17) is 23.8 Å². The molecule has 2 heterocycles. The number of carbonyl (C=O) groups excluding carboxylic acids is 5. The van der Waals surface area contributed by atoms with Crippen molar-refractivity contribution in [1.82, 2.24) is 5.32 Å². The molecule has 1 aromatic carbocycles. The molecule has 2 aliphatic rings. The van der Waals surface area contributed by atoms with E-state index < -0.39 is 61.1 Å². The molecule has 1 fully saturated rings. The van der Waals surface area contributed by atoms with Crippen molar-refractivity contribution >= 4 is 41.1 Å². The SMILES string of the molecule is CC(=O)NC1C(O/N=C2\C(=O)N(CC(C)C)c3ccc(C)cc32)OC(COC(C)=O)C(OC(C)=O)C1OC(C)=O. The first kappa shape index (κ1) is 30.5. The van der Waals surface area contributed by atoms with Gasteiger partial charge in [0.25, 0.3) is 12.2 Å². The van der Waals surface area contributed by atoms with Gasteiger partial charge in [-0.05, 0) is 25.0 Å². The third kappa shape index (κ3) is 7.34. The van der Waals surface area contributed by atoms with Crippen molar-refractivity contribution in [3.63, 3.8) is 0 Å². The molecule has 5 unspecified atom stereocenters. The van der Waals surface area contributed by atoms with E-state index in [0.717, 1.165) is 19.4 Å². The number of anilines is 1. The van der Waals surface area contributed by atoms with Crippen molar-refractivity contribution in [2.45, 2.75) is 79.1 Å². The number of nitrogens with one attached hydrogen (secondary N) is 1. The van der Waals surface area contributed by atoms with E-state index in [1.807, 2.05) is 39.0 Å². The van der Waals surface area contributed by atoms with Gasteiger partial charge in [0.15, 0.2) is 17.9 Å². The number of amides is 2. The molecular weight excluding hydrogens is 526 g/mol. The highest BCUT2D eigenvalue weighted by molar-refractivity contribution is 6.54. The zero-order valence-electron chi connectivity index (χ0n) is 23.6. The molecule has 0 aromatic heterocycles. The molecule has 13 heteroatoms. The lowest BCUT2D eigenvalue weighted by Gasteiger charge is -2.43. The molecule has 13 nitrogen and oxygen atoms in total. The zero-order valence-corrected chi connectivity index (χ0v) is 23.6. The summed E-state index contributed by atoms with van der Waals surface area (Å²) in [6.45, 7) is 10.6. The summed E-state index contributed by atoms with van der Waals surface area (Å²) in [5, 5.41) is 6.74. The number of rotatable bonds is 9. The van der Waals surface area contributed by atoms with Gasteiger partial charge in [-0.3, -0.25) is 24.0 Å². The molecule has 0 saturated carbocycles. The summed E-state index contributed by atoms with van der Waals surface area (Å²) >= 11 is 0. The maximum atomic E-state index is 13.4. The van der Waals surface area contributed by atoms with Gasteiger partial charge in [0.2, 0.25) is 5.91 Å². The van der Waals surface area contributed by atoms with Crippen LogP contribution in [0.4, 0.5) is 5.69 Å². The monoisotopic (exact) mass is 561 g/mol. The van der Waals surface area contributed by atoms with Crippen molar-refractivity contribution < 1.29 is 47.8 Å². The Hall–Kier alpha value is -4.00. The van der Waals surface area contributed by atoms with Gasteiger partial charge >= 0.3 is 17.9 Å². The number of aryl methyl sites for hydroxylation is 1. The Labute approximate surface area is 232 Å². The standard InChI is InChI=1S/C27H35N3O10/c1-13(2)11-30-20-9-8-14(3)10-19(20)22(26(30)35)29-40-27-23(28-15(4)31)25(38-18(7)34)24(37-17(6)33)21(39-27)12-36-16(5)32/h8-10,13,21,23-25,27H,11-12H2,1-7H3,(H,28,31)/b29-22-. The summed E-state index contributed by atoms with van der Waals surface area (Å²) in [4.78, 5) is 68.3. The van der Waals surface area contributed by atoms with Crippen LogP contribution in [0.5, 0.6) is 0 Å². The molecular formula is C27H35N3O10. The topological polar surface area (TPSA) is 159 Å². The Morgan fingerprint density at radius 2 is 1.68 bits per heavy atom. The number of nitrogens with zero attached hydrogens (tertiary/aromatic N) is 2. The molecule has 1 N–H and O–H groups in total. The first-order chi connectivity index (χ1) is 18.8. The Morgan fingerprint density at radius 3 is 2.25 bits per heavy atom. The van der Waals surface area contributed by atoms with Crippen LogP contribution < -0.4 is 10.2 Å². The van der Waals surface area contributed by atoms with Gasteiger partial charge in [-0.2, -0.15) is 0 Å². The minimum absolute atomic E-state index is 0.0206. The molecule has 0 radical (unpaired) electrons. The predicted octanol–water partition coefficient (Wildman–Crippen LogP) is 1.37. The third-order valence-corrected chi connectivity index (χ3v) is 6.01. The number of ether oxygens (including phenoxy) is 4. The van der Waals surface area contributed by atoms with Gasteiger partial charge in [-0.1, -0.05) is 30.6 Å². The van der Waals surface area contributed by atoms with Gasteiger partial charge in [0.1, 0.15) is 18.8 Å². The van der Waals surface area contributed by atoms with Crippen LogP contribution in [-0.2, 0) is 47.8 Å². The quantitative estimate of drug-likeness (QED) is 0.265. The maximum Gasteiger partial charge on any atom is 0.303 e. The number of fused-ring (bicyclic) bond motifs is 1. The van der Waals surface area contributed by atoms with E-state index in [0.29, 0.717) is 17.8 Å². The summed E-state index contributed by atoms with van der Waals surface area (Å²) < 4.78 is 21.9. The number of oxime groups is 1. The molecule has 0 bridgehead atoms. The highest BCUT2D eigenvalue weighted by Crippen LogP contribution is 2.32. The van der Waals surface area contributed by atoms with Crippen LogP contribution in [0.1, 0.15) is 52.7 Å². The number of esters is 3. The molecule has 1 saturated heterocycles. The predicted molar refractivity (Wildman–Crippen MR) is 140 cm³/mol. The molecule has 5 atom stereocenters. The van der Waals surface area contributed by atoms with E-state index in [-0.39, 0.29) is 17.5 Å². The maximum absolute atomic E-state index is 13.4. The summed E-state index contributed by atoms with van der Waals surface area (Å²) in [6.07, 6.45) is -5.19. The van der Waals surface area contributed by atoms with E-state index in [2.05, 4.69) is 10.5 Å². The van der Waals surface area contributed by atoms with Crippen molar-refractivity contribution in [2.75, 3.05) is 18.1 Å². The number of hydrogen-bond donors (Lipinski definition) is 1. The Kier molecular flexibility index (Phi) is 9.85. The first-order valence-corrected chi connectivity index (χ1v) is 12.9. The van der Waals surface area contributed by atoms with E-state index in [1.165, 1.54) is 13.8 Å². The van der Waals surface area contributed by atoms with Crippen LogP contribution in [-0.4, -0.2) is 79.2 Å². The Morgan fingerprint density at radius 1 is 1.02 bits per heavy atom. The number of carbonyl (C=O) groups is 5. The van der Waals surface area contributed by atoms with Crippen molar-refractivity contribution in [3.8, 4) is 0 Å². The van der Waals surface area contributed by atoms with E-state index in [1.54, 1.807) is 4.90 Å². The Bertz CT molecular complexity index is 1200. The lowest BCUT2D eigenvalue weighted by molar-refractivity contribution is -0.278.